The third kappa shape index (κ3) is 4.99. The Bertz CT molecular complexity index is 477. The molecule has 1 heterocycles. The minimum Gasteiger partial charge on any atom is -0.354 e. The average molecular weight is 324 g/mol. The van der Waals surface area contributed by atoms with Gasteiger partial charge < -0.3 is 5.32 Å². The van der Waals surface area contributed by atoms with Gasteiger partial charge in [-0.25, -0.2) is 4.39 Å². The summed E-state index contributed by atoms with van der Waals surface area (Å²) in [6, 6.07) is 6.84. The Morgan fingerprint density at radius 2 is 2.09 bits per heavy atom. The first-order valence-electron chi connectivity index (χ1n) is 8.05. The van der Waals surface area contributed by atoms with Gasteiger partial charge in [0.15, 0.2) is 0 Å². The predicted octanol–water partition coefficient (Wildman–Crippen LogP) is 3.22. The topological polar surface area (TPSA) is 32.3 Å². The maximum absolute atomic E-state index is 14.1. The van der Waals surface area contributed by atoms with Crippen LogP contribution in [0.4, 0.5) is 4.39 Å². The number of carbonyl (C=O) groups is 1. The van der Waals surface area contributed by atoms with Gasteiger partial charge in [-0.1, -0.05) is 25.1 Å². The maximum atomic E-state index is 14.1. The molecule has 0 bridgehead atoms. The van der Waals surface area contributed by atoms with Crippen molar-refractivity contribution >= 4 is 17.7 Å². The van der Waals surface area contributed by atoms with Crippen LogP contribution in [0.3, 0.4) is 0 Å². The second-order valence-electron chi connectivity index (χ2n) is 5.53. The summed E-state index contributed by atoms with van der Waals surface area (Å²) in [5.41, 5.74) is 0.688. The molecule has 0 radical (unpaired) electrons. The largest absolute Gasteiger partial charge is 0.354 e. The highest BCUT2D eigenvalue weighted by atomic mass is 32.2. The fraction of sp³-hybridized carbons (Fsp3) is 0.588. The number of amides is 1. The number of likely N-dealkylation sites (tertiary alicyclic amines) is 1. The van der Waals surface area contributed by atoms with Gasteiger partial charge >= 0.3 is 0 Å². The maximum Gasteiger partial charge on any atom is 0.220 e. The van der Waals surface area contributed by atoms with E-state index in [1.807, 2.05) is 12.1 Å². The first kappa shape index (κ1) is 17.3. The van der Waals surface area contributed by atoms with E-state index in [0.29, 0.717) is 18.5 Å². The van der Waals surface area contributed by atoms with Crippen molar-refractivity contribution in [2.75, 3.05) is 31.1 Å². The zero-order valence-corrected chi connectivity index (χ0v) is 14.0. The summed E-state index contributed by atoms with van der Waals surface area (Å²) in [6.07, 6.45) is 2.82. The number of hydrogen-bond donors (Lipinski definition) is 1. The second-order valence-corrected chi connectivity index (χ2v) is 6.93. The van der Waals surface area contributed by atoms with Crippen LogP contribution in [0.25, 0.3) is 0 Å². The zero-order valence-electron chi connectivity index (χ0n) is 13.2. The van der Waals surface area contributed by atoms with Gasteiger partial charge in [-0.2, -0.15) is 11.8 Å². The van der Waals surface area contributed by atoms with E-state index in [1.54, 1.807) is 17.8 Å². The highest BCUT2D eigenvalue weighted by molar-refractivity contribution is 7.99. The summed E-state index contributed by atoms with van der Waals surface area (Å²) in [5, 5.41) is 2.98. The molecule has 0 aromatic heterocycles. The highest BCUT2D eigenvalue weighted by Gasteiger charge is 2.25. The predicted molar refractivity (Wildman–Crippen MR) is 90.6 cm³/mol. The van der Waals surface area contributed by atoms with E-state index >= 15 is 0 Å². The van der Waals surface area contributed by atoms with Crippen LogP contribution < -0.4 is 5.32 Å². The van der Waals surface area contributed by atoms with Crippen LogP contribution >= 0.6 is 11.8 Å². The molecule has 1 saturated heterocycles. The van der Waals surface area contributed by atoms with Crippen LogP contribution in [-0.2, 0) is 4.79 Å². The van der Waals surface area contributed by atoms with E-state index in [-0.39, 0.29) is 17.8 Å². The van der Waals surface area contributed by atoms with E-state index < -0.39 is 0 Å². The standard InChI is InChI=1S/C17H25FN2OS/c1-2-22-12-9-17(21)19-13-16(20-10-5-6-11-20)14-7-3-4-8-15(14)18/h3-4,7-8,16H,2,5-6,9-13H2,1H3,(H,19,21)/t16-/m1/s1. The van der Waals surface area contributed by atoms with E-state index in [4.69, 9.17) is 0 Å². The molecule has 1 fully saturated rings. The minimum absolute atomic E-state index is 0.0569. The lowest BCUT2D eigenvalue weighted by Gasteiger charge is -2.28. The Hall–Kier alpha value is -1.07. The Balaban J connectivity index is 1.97. The van der Waals surface area contributed by atoms with Gasteiger partial charge in [-0.3, -0.25) is 9.69 Å². The van der Waals surface area contributed by atoms with Gasteiger partial charge in [-0.15, -0.1) is 0 Å². The number of thioether (sulfide) groups is 1. The fourth-order valence-corrected chi connectivity index (χ4v) is 3.46. The van der Waals surface area contributed by atoms with Gasteiger partial charge in [0.05, 0.1) is 6.04 Å². The minimum atomic E-state index is -0.185. The first-order valence-corrected chi connectivity index (χ1v) is 9.20. The molecule has 2 rings (SSSR count). The molecule has 1 aliphatic heterocycles. The molecule has 3 nitrogen and oxygen atoms in total. The van der Waals surface area contributed by atoms with E-state index in [1.165, 1.54) is 6.07 Å². The summed E-state index contributed by atoms with van der Waals surface area (Å²) >= 11 is 1.76. The van der Waals surface area contributed by atoms with Crippen molar-refractivity contribution in [3.8, 4) is 0 Å². The molecule has 1 aromatic rings. The molecule has 1 aliphatic rings. The van der Waals surface area contributed by atoms with Crippen LogP contribution in [-0.4, -0.2) is 41.9 Å². The molecule has 1 amide bonds. The lowest BCUT2D eigenvalue weighted by atomic mass is 10.0. The lowest BCUT2D eigenvalue weighted by molar-refractivity contribution is -0.120. The number of nitrogens with zero attached hydrogens (tertiary/aromatic N) is 1. The van der Waals surface area contributed by atoms with E-state index in [0.717, 1.165) is 37.4 Å². The number of rotatable bonds is 8. The normalized spacial score (nSPS) is 16.6. The van der Waals surface area contributed by atoms with Crippen LogP contribution in [0.1, 0.15) is 37.8 Å². The molecule has 22 heavy (non-hydrogen) atoms. The van der Waals surface area contributed by atoms with Crippen LogP contribution in [0.5, 0.6) is 0 Å². The molecular weight excluding hydrogens is 299 g/mol. The van der Waals surface area contributed by atoms with Crippen molar-refractivity contribution in [1.29, 1.82) is 0 Å². The average Bonchev–Trinajstić information content (AvgIpc) is 3.04. The van der Waals surface area contributed by atoms with Crippen LogP contribution in [0, 0.1) is 5.82 Å². The Morgan fingerprint density at radius 3 is 2.77 bits per heavy atom. The number of carbonyl (C=O) groups excluding carboxylic acids is 1. The Labute approximate surface area is 136 Å². The van der Waals surface area contributed by atoms with Gasteiger partial charge in [0.1, 0.15) is 5.82 Å². The molecule has 1 N–H and O–H groups in total. The monoisotopic (exact) mass is 324 g/mol. The third-order valence-electron chi connectivity index (χ3n) is 4.02. The molecule has 1 atom stereocenters. The van der Waals surface area contributed by atoms with Gasteiger partial charge in [0.25, 0.3) is 0 Å². The van der Waals surface area contributed by atoms with Gasteiger partial charge in [0.2, 0.25) is 5.91 Å². The quantitative estimate of drug-likeness (QED) is 0.745. The summed E-state index contributed by atoms with van der Waals surface area (Å²) < 4.78 is 14.1. The molecule has 1 aromatic carbocycles. The molecule has 0 saturated carbocycles. The van der Waals surface area contributed by atoms with E-state index in [9.17, 15) is 9.18 Å². The van der Waals surface area contributed by atoms with Crippen LogP contribution in [0.2, 0.25) is 0 Å². The molecule has 0 spiro atoms. The molecule has 0 aliphatic carbocycles. The van der Waals surface area contributed by atoms with Crippen molar-refractivity contribution in [3.63, 3.8) is 0 Å². The van der Waals surface area contributed by atoms with Gasteiger partial charge in [0, 0.05) is 24.3 Å². The number of benzene rings is 1. The number of halogens is 1. The SMILES string of the molecule is CCSCCC(=O)NC[C@H](c1ccccc1F)N1CCCC1. The second kappa shape index (κ2) is 9.16. The third-order valence-corrected chi connectivity index (χ3v) is 4.92. The van der Waals surface area contributed by atoms with Crippen molar-refractivity contribution in [1.82, 2.24) is 10.2 Å². The van der Waals surface area contributed by atoms with Gasteiger partial charge in [-0.05, 0) is 37.8 Å². The summed E-state index contributed by atoms with van der Waals surface area (Å²) in [4.78, 5) is 14.2. The van der Waals surface area contributed by atoms with E-state index in [2.05, 4.69) is 17.1 Å². The highest BCUT2D eigenvalue weighted by Crippen LogP contribution is 2.26. The smallest absolute Gasteiger partial charge is 0.220 e. The Morgan fingerprint density at radius 1 is 1.36 bits per heavy atom. The van der Waals surface area contributed by atoms with Crippen molar-refractivity contribution < 1.29 is 9.18 Å². The molecular formula is C17H25FN2OS. The zero-order chi connectivity index (χ0) is 15.8. The molecule has 122 valence electrons. The molecule has 5 heteroatoms. The van der Waals surface area contributed by atoms with Crippen molar-refractivity contribution in [3.05, 3.63) is 35.6 Å². The van der Waals surface area contributed by atoms with Crippen molar-refractivity contribution in [2.24, 2.45) is 0 Å². The summed E-state index contributed by atoms with van der Waals surface area (Å²) in [5.74, 6) is 1.74. The molecule has 0 unspecified atom stereocenters. The van der Waals surface area contributed by atoms with Crippen molar-refractivity contribution in [2.45, 2.75) is 32.2 Å². The number of hydrogen-bond acceptors (Lipinski definition) is 3. The number of nitrogens with one attached hydrogen (secondary N) is 1. The summed E-state index contributed by atoms with van der Waals surface area (Å²) in [6.45, 7) is 4.52. The summed E-state index contributed by atoms with van der Waals surface area (Å²) in [7, 11) is 0. The fourth-order valence-electron chi connectivity index (χ4n) is 2.84. The lowest BCUT2D eigenvalue weighted by Crippen LogP contribution is -2.37. The first-order chi connectivity index (χ1) is 10.7. The van der Waals surface area contributed by atoms with Crippen LogP contribution in [0.15, 0.2) is 24.3 Å². The Kier molecular flexibility index (Phi) is 7.19.